The molecule has 2 aliphatic rings. The number of pyridine rings is 2. The first-order chi connectivity index (χ1) is 19.1. The minimum atomic E-state index is -4.38. The molecule has 40 heavy (non-hydrogen) atoms. The van der Waals surface area contributed by atoms with Crippen molar-refractivity contribution < 1.29 is 31.1 Å². The number of hydrogen-bond acceptors (Lipinski definition) is 6. The van der Waals surface area contributed by atoms with E-state index in [1.807, 2.05) is 0 Å². The molecule has 2 fully saturated rings. The Bertz CT molecular complexity index is 1320. The van der Waals surface area contributed by atoms with Gasteiger partial charge in [0, 0.05) is 38.5 Å². The van der Waals surface area contributed by atoms with Crippen molar-refractivity contribution in [1.82, 2.24) is 9.97 Å². The van der Waals surface area contributed by atoms with Crippen molar-refractivity contribution in [2.75, 3.05) is 36.5 Å². The van der Waals surface area contributed by atoms with Gasteiger partial charge >= 0.3 is 6.18 Å². The molecular weight excluding hydrogens is 536 g/mol. The lowest BCUT2D eigenvalue weighted by molar-refractivity contribution is -0.177. The molecule has 2 saturated heterocycles. The van der Waals surface area contributed by atoms with Gasteiger partial charge in [0.2, 0.25) is 0 Å². The van der Waals surface area contributed by atoms with Crippen LogP contribution in [0.2, 0.25) is 0 Å². The number of piperidine rings is 1. The molecule has 3 aromatic rings. The molecule has 0 aliphatic carbocycles. The topological polar surface area (TPSA) is 76.3 Å². The standard InChI is InChI=1S/C28H29F6N5O/c29-21-2-1-20(38-27(21)26-22(30)9-17(10-23(26)31)16-4-7-40-8-5-16)12-37-24-13-36-6-3-25(24)39-14-18(28(32,33)34)11-19(35)15-39/h1-3,6,9-10,13,16,18-19,37H,4-5,7-8,11-12,14-15,35H2. The van der Waals surface area contributed by atoms with Crippen LogP contribution in [0.25, 0.3) is 11.3 Å². The number of benzene rings is 1. The lowest BCUT2D eigenvalue weighted by Crippen LogP contribution is -2.51. The van der Waals surface area contributed by atoms with Crippen LogP contribution in [-0.2, 0) is 11.3 Å². The second-order valence-electron chi connectivity index (χ2n) is 10.3. The van der Waals surface area contributed by atoms with E-state index in [9.17, 15) is 17.6 Å². The Morgan fingerprint density at radius 2 is 1.73 bits per heavy atom. The van der Waals surface area contributed by atoms with E-state index in [-0.39, 0.29) is 37.7 Å². The molecule has 2 aliphatic heterocycles. The maximum atomic E-state index is 15.1. The molecule has 12 heteroatoms. The summed E-state index contributed by atoms with van der Waals surface area (Å²) in [7, 11) is 0. The van der Waals surface area contributed by atoms with Gasteiger partial charge in [-0.2, -0.15) is 13.2 Å². The number of anilines is 2. The van der Waals surface area contributed by atoms with E-state index in [4.69, 9.17) is 10.5 Å². The van der Waals surface area contributed by atoms with Crippen molar-refractivity contribution in [2.45, 2.75) is 43.9 Å². The number of nitrogens with one attached hydrogen (secondary N) is 1. The summed E-state index contributed by atoms with van der Waals surface area (Å²) in [6.07, 6.45) is -0.326. The second kappa shape index (κ2) is 11.6. The summed E-state index contributed by atoms with van der Waals surface area (Å²) in [6, 6.07) is 5.81. The predicted octanol–water partition coefficient (Wildman–Crippen LogP) is 5.78. The molecule has 0 spiro atoms. The fourth-order valence-corrected chi connectivity index (χ4v) is 5.40. The Labute approximate surface area is 227 Å². The molecule has 2 aromatic heterocycles. The Morgan fingerprint density at radius 1 is 1.00 bits per heavy atom. The minimum absolute atomic E-state index is 0.00202. The maximum Gasteiger partial charge on any atom is 0.393 e. The second-order valence-corrected chi connectivity index (χ2v) is 10.3. The van der Waals surface area contributed by atoms with E-state index in [1.165, 1.54) is 30.6 Å². The molecule has 1 aromatic carbocycles. The quantitative estimate of drug-likeness (QED) is 0.369. The summed E-state index contributed by atoms with van der Waals surface area (Å²) in [5, 5.41) is 3.06. The van der Waals surface area contributed by atoms with Crippen molar-refractivity contribution in [1.29, 1.82) is 0 Å². The van der Waals surface area contributed by atoms with Crippen LogP contribution in [0.1, 0.15) is 36.4 Å². The number of aromatic nitrogens is 2. The summed E-state index contributed by atoms with van der Waals surface area (Å²) < 4.78 is 90.7. The maximum absolute atomic E-state index is 15.1. The molecule has 0 radical (unpaired) electrons. The third-order valence-electron chi connectivity index (χ3n) is 7.44. The Hall–Kier alpha value is -3.38. The van der Waals surface area contributed by atoms with Crippen LogP contribution in [-0.4, -0.2) is 48.5 Å². The highest BCUT2D eigenvalue weighted by Crippen LogP contribution is 2.37. The van der Waals surface area contributed by atoms with Gasteiger partial charge in [-0.05, 0) is 61.1 Å². The number of alkyl halides is 3. The zero-order valence-electron chi connectivity index (χ0n) is 21.5. The molecule has 0 amide bonds. The van der Waals surface area contributed by atoms with Gasteiger partial charge in [-0.25, -0.2) is 18.2 Å². The average molecular weight is 566 g/mol. The highest BCUT2D eigenvalue weighted by Gasteiger charge is 2.44. The van der Waals surface area contributed by atoms with Crippen LogP contribution in [0.15, 0.2) is 42.7 Å². The molecule has 214 valence electrons. The third-order valence-corrected chi connectivity index (χ3v) is 7.44. The fraction of sp³-hybridized carbons (Fsp3) is 0.429. The summed E-state index contributed by atoms with van der Waals surface area (Å²) in [4.78, 5) is 9.80. The highest BCUT2D eigenvalue weighted by molar-refractivity contribution is 5.69. The summed E-state index contributed by atoms with van der Waals surface area (Å²) >= 11 is 0. The predicted molar refractivity (Wildman–Crippen MR) is 138 cm³/mol. The number of hydrogen-bond donors (Lipinski definition) is 2. The molecule has 3 N–H and O–H groups in total. The van der Waals surface area contributed by atoms with E-state index in [2.05, 4.69) is 15.3 Å². The third kappa shape index (κ3) is 6.17. The van der Waals surface area contributed by atoms with Crippen molar-refractivity contribution in [3.8, 4) is 11.3 Å². The van der Waals surface area contributed by atoms with E-state index >= 15 is 8.78 Å². The van der Waals surface area contributed by atoms with E-state index in [0.717, 1.165) is 6.07 Å². The van der Waals surface area contributed by atoms with E-state index < -0.39 is 46.8 Å². The monoisotopic (exact) mass is 565 g/mol. The number of nitrogens with two attached hydrogens (primary N) is 1. The van der Waals surface area contributed by atoms with Crippen LogP contribution in [0.5, 0.6) is 0 Å². The van der Waals surface area contributed by atoms with E-state index in [0.29, 0.717) is 43.0 Å². The van der Waals surface area contributed by atoms with Gasteiger partial charge in [-0.3, -0.25) is 4.98 Å². The molecule has 2 unspecified atom stereocenters. The van der Waals surface area contributed by atoms with Crippen molar-refractivity contribution in [3.05, 3.63) is 71.4 Å². The highest BCUT2D eigenvalue weighted by atomic mass is 19.4. The summed E-state index contributed by atoms with van der Waals surface area (Å²) in [5.41, 5.74) is 6.57. The van der Waals surface area contributed by atoms with Gasteiger partial charge in [0.05, 0.1) is 41.3 Å². The Balaban J connectivity index is 1.36. The first-order valence-electron chi connectivity index (χ1n) is 13.1. The van der Waals surface area contributed by atoms with Gasteiger partial charge in [-0.1, -0.05) is 0 Å². The van der Waals surface area contributed by atoms with Crippen molar-refractivity contribution in [2.24, 2.45) is 11.7 Å². The molecule has 5 rings (SSSR count). The lowest BCUT2D eigenvalue weighted by Gasteiger charge is -2.39. The first kappa shape index (κ1) is 28.2. The summed E-state index contributed by atoms with van der Waals surface area (Å²) in [5.74, 6) is -4.32. The largest absolute Gasteiger partial charge is 0.393 e. The van der Waals surface area contributed by atoms with Gasteiger partial charge < -0.3 is 20.7 Å². The van der Waals surface area contributed by atoms with Crippen LogP contribution in [0, 0.1) is 23.4 Å². The van der Waals surface area contributed by atoms with Crippen molar-refractivity contribution >= 4 is 11.4 Å². The zero-order valence-corrected chi connectivity index (χ0v) is 21.5. The van der Waals surface area contributed by atoms with E-state index in [1.54, 1.807) is 11.0 Å². The van der Waals surface area contributed by atoms with Crippen LogP contribution >= 0.6 is 0 Å². The average Bonchev–Trinajstić information content (AvgIpc) is 2.92. The summed E-state index contributed by atoms with van der Waals surface area (Å²) in [6.45, 7) is 0.988. The van der Waals surface area contributed by atoms with Gasteiger partial charge in [-0.15, -0.1) is 0 Å². The lowest BCUT2D eigenvalue weighted by atomic mass is 9.90. The van der Waals surface area contributed by atoms with Gasteiger partial charge in [0.1, 0.15) is 23.1 Å². The van der Waals surface area contributed by atoms with Gasteiger partial charge in [0.15, 0.2) is 0 Å². The smallest absolute Gasteiger partial charge is 0.381 e. The van der Waals surface area contributed by atoms with Crippen LogP contribution in [0.3, 0.4) is 0 Å². The fourth-order valence-electron chi connectivity index (χ4n) is 5.40. The molecule has 4 heterocycles. The van der Waals surface area contributed by atoms with Crippen LogP contribution < -0.4 is 16.0 Å². The Kier molecular flexibility index (Phi) is 8.18. The molecule has 0 bridgehead atoms. The molecule has 6 nitrogen and oxygen atoms in total. The van der Waals surface area contributed by atoms with Crippen LogP contribution in [0.4, 0.5) is 37.7 Å². The Morgan fingerprint density at radius 3 is 2.42 bits per heavy atom. The zero-order chi connectivity index (χ0) is 28.4. The SMILES string of the molecule is NC1CC(C(F)(F)F)CN(c2ccncc2NCc2ccc(F)c(-c3c(F)cc(C4CCOCC4)cc3F)n2)C1. The van der Waals surface area contributed by atoms with Crippen molar-refractivity contribution in [3.63, 3.8) is 0 Å². The molecule has 2 atom stereocenters. The number of rotatable bonds is 6. The number of nitrogens with zero attached hydrogens (tertiary/aromatic N) is 3. The first-order valence-corrected chi connectivity index (χ1v) is 13.1. The molecular formula is C28H29F6N5O. The molecule has 0 saturated carbocycles. The number of halogens is 6. The van der Waals surface area contributed by atoms with Gasteiger partial charge in [0.25, 0.3) is 0 Å². The minimum Gasteiger partial charge on any atom is -0.381 e. The number of ether oxygens (including phenoxy) is 1. The normalized spacial score (nSPS) is 20.5.